The first kappa shape index (κ1) is 18.4. The second kappa shape index (κ2) is 12.4. The Balaban J connectivity index is 3.56. The van der Waals surface area contributed by atoms with Crippen LogP contribution in [0.1, 0.15) is 73.1 Å². The van der Waals surface area contributed by atoms with Gasteiger partial charge >= 0.3 is 15.1 Å². The van der Waals surface area contributed by atoms with Gasteiger partial charge in [-0.25, -0.2) is 0 Å². The molecule has 0 fully saturated rings. The molecule has 0 radical (unpaired) electrons. The number of hydrogen-bond donors (Lipinski definition) is 0. The largest absolute Gasteiger partial charge is 0.905 e. The summed E-state index contributed by atoms with van der Waals surface area (Å²) in [5.41, 5.74) is 0. The van der Waals surface area contributed by atoms with Crippen molar-refractivity contribution in [2.24, 2.45) is 0 Å². The molecule has 0 aromatic heterocycles. The van der Waals surface area contributed by atoms with E-state index in [0.717, 1.165) is 13.0 Å². The molecule has 0 bridgehead atoms. The van der Waals surface area contributed by atoms with Crippen LogP contribution in [-0.2, 0) is 11.4 Å². The van der Waals surface area contributed by atoms with Gasteiger partial charge in [0.1, 0.15) is 0 Å². The van der Waals surface area contributed by atoms with Crippen LogP contribution in [-0.4, -0.2) is 34.0 Å². The molecule has 108 valence electrons. The zero-order valence-electron chi connectivity index (χ0n) is 12.9. The molecular formula is C14H31AlO3. The van der Waals surface area contributed by atoms with Crippen LogP contribution in [0.4, 0.5) is 0 Å². The predicted molar refractivity (Wildman–Crippen MR) is 77.5 cm³/mol. The summed E-state index contributed by atoms with van der Waals surface area (Å²) in [6.45, 7) is 11.1. The fraction of sp³-hybridized carbons (Fsp3) is 1.00. The SMILES string of the molecule is CCCCCCCC[O][Al]([O]C(C)C)[O]C(C)C. The zero-order chi connectivity index (χ0) is 13.8. The Morgan fingerprint density at radius 3 is 1.78 bits per heavy atom. The smallest absolute Gasteiger partial charge is 0.454 e. The maximum absolute atomic E-state index is 5.76. The fourth-order valence-electron chi connectivity index (χ4n) is 1.62. The van der Waals surface area contributed by atoms with E-state index in [9.17, 15) is 0 Å². The molecule has 0 aliphatic carbocycles. The van der Waals surface area contributed by atoms with Gasteiger partial charge in [-0.05, 0) is 34.1 Å². The van der Waals surface area contributed by atoms with E-state index in [4.69, 9.17) is 11.4 Å². The molecule has 0 aliphatic rings. The van der Waals surface area contributed by atoms with Gasteiger partial charge < -0.3 is 11.4 Å². The molecule has 0 saturated carbocycles. The van der Waals surface area contributed by atoms with E-state index in [1.807, 2.05) is 27.7 Å². The van der Waals surface area contributed by atoms with Gasteiger partial charge in [-0.15, -0.1) is 0 Å². The highest BCUT2D eigenvalue weighted by Crippen LogP contribution is 2.07. The van der Waals surface area contributed by atoms with Crippen molar-refractivity contribution in [3.05, 3.63) is 0 Å². The van der Waals surface area contributed by atoms with E-state index in [1.165, 1.54) is 32.1 Å². The molecule has 0 heterocycles. The van der Waals surface area contributed by atoms with Crippen LogP contribution < -0.4 is 0 Å². The monoisotopic (exact) mass is 274 g/mol. The maximum Gasteiger partial charge on any atom is 0.905 e. The summed E-state index contributed by atoms with van der Waals surface area (Å²) in [4.78, 5) is 0. The molecule has 0 N–H and O–H groups in total. The normalized spacial score (nSPS) is 11.5. The first-order chi connectivity index (χ1) is 8.56. The minimum Gasteiger partial charge on any atom is -0.454 e. The molecule has 0 saturated heterocycles. The second-order valence-corrected chi connectivity index (χ2v) is 6.75. The fourth-order valence-corrected chi connectivity index (χ4v) is 3.09. The summed E-state index contributed by atoms with van der Waals surface area (Å²) in [5.74, 6) is 0. The van der Waals surface area contributed by atoms with Gasteiger partial charge in [0.2, 0.25) is 0 Å². The lowest BCUT2D eigenvalue weighted by atomic mass is 10.1. The minimum absolute atomic E-state index is 0.185. The van der Waals surface area contributed by atoms with Crippen molar-refractivity contribution in [3.8, 4) is 0 Å². The van der Waals surface area contributed by atoms with Gasteiger partial charge in [0.05, 0.1) is 0 Å². The van der Waals surface area contributed by atoms with Gasteiger partial charge in [-0.2, -0.15) is 0 Å². The van der Waals surface area contributed by atoms with Crippen molar-refractivity contribution in [1.82, 2.24) is 0 Å². The van der Waals surface area contributed by atoms with Crippen molar-refractivity contribution in [3.63, 3.8) is 0 Å². The molecule has 0 spiro atoms. The van der Waals surface area contributed by atoms with Gasteiger partial charge in [0.25, 0.3) is 0 Å². The molecule has 0 rings (SSSR count). The Hall–Kier alpha value is 0.412. The molecule has 0 amide bonds. The van der Waals surface area contributed by atoms with E-state index in [1.54, 1.807) is 0 Å². The van der Waals surface area contributed by atoms with Crippen LogP contribution in [0.15, 0.2) is 0 Å². The highest BCUT2D eigenvalue weighted by atomic mass is 27.3. The van der Waals surface area contributed by atoms with Crippen molar-refractivity contribution >= 4 is 15.1 Å². The quantitative estimate of drug-likeness (QED) is 0.394. The second-order valence-electron chi connectivity index (χ2n) is 5.30. The molecule has 0 unspecified atom stereocenters. The van der Waals surface area contributed by atoms with Crippen LogP contribution in [0.5, 0.6) is 0 Å². The summed E-state index contributed by atoms with van der Waals surface area (Å²) < 4.78 is 17.2. The lowest BCUT2D eigenvalue weighted by Crippen LogP contribution is -2.33. The van der Waals surface area contributed by atoms with Crippen LogP contribution in [0.25, 0.3) is 0 Å². The molecule has 0 aromatic carbocycles. The van der Waals surface area contributed by atoms with Gasteiger partial charge in [0.15, 0.2) is 0 Å². The summed E-state index contributed by atoms with van der Waals surface area (Å²) in [6.07, 6.45) is 8.07. The van der Waals surface area contributed by atoms with Crippen LogP contribution in [0.2, 0.25) is 0 Å². The van der Waals surface area contributed by atoms with E-state index in [-0.39, 0.29) is 12.2 Å². The molecule has 4 heteroatoms. The Morgan fingerprint density at radius 1 is 0.778 bits per heavy atom. The highest BCUT2D eigenvalue weighted by molar-refractivity contribution is 6.36. The van der Waals surface area contributed by atoms with Gasteiger partial charge in [0, 0.05) is 18.8 Å². The Morgan fingerprint density at radius 2 is 1.28 bits per heavy atom. The number of rotatable bonds is 12. The zero-order valence-corrected chi connectivity index (χ0v) is 14.1. The Labute approximate surface area is 119 Å². The van der Waals surface area contributed by atoms with Gasteiger partial charge in [-0.1, -0.05) is 39.0 Å². The first-order valence-electron chi connectivity index (χ1n) is 7.48. The summed E-state index contributed by atoms with van der Waals surface area (Å²) >= 11 is -1.91. The Bertz CT molecular complexity index is 164. The lowest BCUT2D eigenvalue weighted by molar-refractivity contribution is 0.0494. The van der Waals surface area contributed by atoms with E-state index < -0.39 is 15.1 Å². The average molecular weight is 274 g/mol. The third-order valence-electron chi connectivity index (χ3n) is 2.52. The molecule has 0 aliphatic heterocycles. The lowest BCUT2D eigenvalue weighted by Gasteiger charge is -2.18. The topological polar surface area (TPSA) is 27.7 Å². The summed E-state index contributed by atoms with van der Waals surface area (Å²) in [5, 5.41) is 0. The van der Waals surface area contributed by atoms with Crippen LogP contribution in [0.3, 0.4) is 0 Å². The molecule has 3 nitrogen and oxygen atoms in total. The first-order valence-corrected chi connectivity index (χ1v) is 8.90. The summed E-state index contributed by atoms with van der Waals surface area (Å²) in [7, 11) is 0. The molecule has 18 heavy (non-hydrogen) atoms. The predicted octanol–water partition coefficient (Wildman–Crippen LogP) is 4.20. The van der Waals surface area contributed by atoms with Crippen molar-refractivity contribution in [2.45, 2.75) is 85.4 Å². The van der Waals surface area contributed by atoms with E-state index in [2.05, 4.69) is 6.92 Å². The van der Waals surface area contributed by atoms with Crippen LogP contribution in [0, 0.1) is 0 Å². The average Bonchev–Trinajstić information content (AvgIpc) is 2.26. The molecule has 0 aromatic rings. The third kappa shape index (κ3) is 12.9. The molecular weight excluding hydrogens is 243 g/mol. The van der Waals surface area contributed by atoms with Crippen molar-refractivity contribution in [2.75, 3.05) is 6.61 Å². The standard InChI is InChI=1S/C8H17O.2C3H7O.Al/c1-2-3-4-5-6-7-8-9;2*1-3(2)4;/h2-8H2,1H3;2*3H,1-2H3;/q3*-1;+3. The minimum atomic E-state index is -1.91. The van der Waals surface area contributed by atoms with Crippen molar-refractivity contribution < 1.29 is 11.4 Å². The maximum atomic E-state index is 5.76. The van der Waals surface area contributed by atoms with Gasteiger partial charge in [-0.3, -0.25) is 0 Å². The third-order valence-corrected chi connectivity index (χ3v) is 4.56. The number of hydrogen-bond acceptors (Lipinski definition) is 3. The molecule has 0 atom stereocenters. The van der Waals surface area contributed by atoms with E-state index >= 15 is 0 Å². The van der Waals surface area contributed by atoms with E-state index in [0.29, 0.717) is 0 Å². The van der Waals surface area contributed by atoms with Crippen molar-refractivity contribution in [1.29, 1.82) is 0 Å². The highest BCUT2D eigenvalue weighted by Gasteiger charge is 2.33. The Kier molecular flexibility index (Phi) is 12.7. The summed E-state index contributed by atoms with van der Waals surface area (Å²) in [6, 6.07) is 0. The van der Waals surface area contributed by atoms with Crippen LogP contribution >= 0.6 is 0 Å². The number of unbranched alkanes of at least 4 members (excludes halogenated alkanes) is 5.